The number of ether oxygens (including phenoxy) is 4. The van der Waals surface area contributed by atoms with E-state index in [1.807, 2.05) is 0 Å². The number of rotatable bonds is 8. The van der Waals surface area contributed by atoms with Gasteiger partial charge in [0.2, 0.25) is 15.8 Å². The summed E-state index contributed by atoms with van der Waals surface area (Å²) in [6.45, 7) is -0.0746. The first kappa shape index (κ1) is 23.4. The summed E-state index contributed by atoms with van der Waals surface area (Å²) >= 11 is 0. The zero-order chi connectivity index (χ0) is 23.5. The Kier molecular flexibility index (Phi) is 6.93. The second-order valence-corrected chi connectivity index (χ2v) is 9.07. The lowest BCUT2D eigenvalue weighted by Crippen LogP contribution is -2.34. The molecular formula is C22H25NO8S. The van der Waals surface area contributed by atoms with Gasteiger partial charge in [-0.2, -0.15) is 0 Å². The van der Waals surface area contributed by atoms with Gasteiger partial charge in [0.15, 0.2) is 23.9 Å². The van der Waals surface area contributed by atoms with Crippen molar-refractivity contribution in [2.24, 2.45) is 0 Å². The number of hydrogen-bond acceptors (Lipinski definition) is 8. The van der Waals surface area contributed by atoms with Crippen LogP contribution in [0.4, 0.5) is 5.69 Å². The topological polar surface area (TPSA) is 108 Å². The summed E-state index contributed by atoms with van der Waals surface area (Å²) in [7, 11) is 0.864. The molecule has 1 heterocycles. The van der Waals surface area contributed by atoms with Crippen molar-refractivity contribution in [2.75, 3.05) is 45.0 Å². The Labute approximate surface area is 186 Å². The van der Waals surface area contributed by atoms with Crippen molar-refractivity contribution in [2.45, 2.75) is 12.8 Å². The molecule has 0 saturated heterocycles. The van der Waals surface area contributed by atoms with E-state index in [1.54, 1.807) is 12.1 Å². The third-order valence-corrected chi connectivity index (χ3v) is 6.32. The van der Waals surface area contributed by atoms with Crippen LogP contribution in [0.3, 0.4) is 0 Å². The average molecular weight is 464 g/mol. The van der Waals surface area contributed by atoms with Crippen LogP contribution < -0.4 is 18.5 Å². The molecule has 172 valence electrons. The van der Waals surface area contributed by atoms with E-state index in [2.05, 4.69) is 0 Å². The Bertz CT molecular complexity index is 1140. The molecule has 2 aromatic rings. The largest absolute Gasteiger partial charge is 0.493 e. The maximum Gasteiger partial charge on any atom is 0.342 e. The van der Waals surface area contributed by atoms with Gasteiger partial charge in [-0.1, -0.05) is 0 Å². The molecule has 0 unspecified atom stereocenters. The van der Waals surface area contributed by atoms with E-state index in [4.69, 9.17) is 18.9 Å². The maximum absolute atomic E-state index is 12.6. The smallest absolute Gasteiger partial charge is 0.342 e. The molecule has 9 nitrogen and oxygen atoms in total. The quantitative estimate of drug-likeness (QED) is 0.434. The summed E-state index contributed by atoms with van der Waals surface area (Å²) < 4.78 is 46.3. The number of aryl methyl sites for hydroxylation is 1. The second kappa shape index (κ2) is 9.47. The molecule has 10 heteroatoms. The number of Topliss-reactive ketones (excluding diaryl/α,β-unsaturated/α-hetero) is 1. The van der Waals surface area contributed by atoms with Gasteiger partial charge in [-0.05, 0) is 48.7 Å². The molecule has 2 aromatic carbocycles. The molecule has 0 spiro atoms. The molecule has 0 bridgehead atoms. The molecule has 0 atom stereocenters. The third kappa shape index (κ3) is 4.64. The third-order valence-electron chi connectivity index (χ3n) is 5.14. The van der Waals surface area contributed by atoms with Gasteiger partial charge in [0, 0.05) is 12.1 Å². The number of esters is 1. The lowest BCUT2D eigenvalue weighted by Gasteiger charge is -2.29. The highest BCUT2D eigenvalue weighted by Crippen LogP contribution is 2.40. The van der Waals surface area contributed by atoms with Crippen molar-refractivity contribution in [1.82, 2.24) is 0 Å². The van der Waals surface area contributed by atoms with Crippen LogP contribution >= 0.6 is 0 Å². The van der Waals surface area contributed by atoms with Crippen molar-refractivity contribution >= 4 is 27.5 Å². The Balaban J connectivity index is 1.76. The molecule has 0 fully saturated rings. The normalized spacial score (nSPS) is 13.2. The van der Waals surface area contributed by atoms with Gasteiger partial charge in [0.1, 0.15) is 5.56 Å². The number of carbonyl (C=O) groups is 2. The van der Waals surface area contributed by atoms with Crippen molar-refractivity contribution in [3.63, 3.8) is 0 Å². The summed E-state index contributed by atoms with van der Waals surface area (Å²) in [6, 6.07) is 7.81. The van der Waals surface area contributed by atoms with Gasteiger partial charge in [0.05, 0.1) is 33.3 Å². The van der Waals surface area contributed by atoms with E-state index in [9.17, 15) is 18.0 Å². The number of hydrogen-bond donors (Lipinski definition) is 0. The predicted octanol–water partition coefficient (Wildman–Crippen LogP) is 2.46. The number of nitrogens with zero attached hydrogens (tertiary/aromatic N) is 1. The van der Waals surface area contributed by atoms with Gasteiger partial charge in [-0.25, -0.2) is 13.2 Å². The Morgan fingerprint density at radius 2 is 1.72 bits per heavy atom. The van der Waals surface area contributed by atoms with Crippen LogP contribution in [0, 0.1) is 0 Å². The minimum atomic E-state index is -3.39. The second-order valence-electron chi connectivity index (χ2n) is 7.16. The fourth-order valence-electron chi connectivity index (χ4n) is 3.63. The molecule has 32 heavy (non-hydrogen) atoms. The predicted molar refractivity (Wildman–Crippen MR) is 118 cm³/mol. The van der Waals surface area contributed by atoms with E-state index < -0.39 is 28.4 Å². The highest BCUT2D eigenvalue weighted by molar-refractivity contribution is 7.92. The summed E-state index contributed by atoms with van der Waals surface area (Å²) in [6.07, 6.45) is 2.47. The zero-order valence-corrected chi connectivity index (χ0v) is 19.2. The standard InChI is InChI=1S/C22H25NO8S/c1-28-19-10-8-16(20(29-2)21(19)30-3)22(25)31-13-18(24)15-7-9-17-14(12-15)6-5-11-23(17)32(4,26)27/h7-10,12H,5-6,11,13H2,1-4H3. The van der Waals surface area contributed by atoms with Crippen molar-refractivity contribution in [1.29, 1.82) is 0 Å². The first-order chi connectivity index (χ1) is 15.2. The number of methoxy groups -OCH3 is 3. The van der Waals surface area contributed by atoms with Gasteiger partial charge >= 0.3 is 5.97 Å². The van der Waals surface area contributed by atoms with Crippen LogP contribution in [0.15, 0.2) is 30.3 Å². The van der Waals surface area contributed by atoms with Crippen LogP contribution in [-0.2, 0) is 21.2 Å². The Morgan fingerprint density at radius 3 is 2.34 bits per heavy atom. The van der Waals surface area contributed by atoms with E-state index in [-0.39, 0.29) is 17.1 Å². The van der Waals surface area contributed by atoms with E-state index in [0.29, 0.717) is 36.4 Å². The fraction of sp³-hybridized carbons (Fsp3) is 0.364. The molecule has 0 saturated carbocycles. The number of anilines is 1. The molecule has 3 rings (SSSR count). The van der Waals surface area contributed by atoms with Crippen molar-refractivity contribution in [3.05, 3.63) is 47.0 Å². The van der Waals surface area contributed by atoms with Crippen LogP contribution in [-0.4, -0.2) is 60.9 Å². The van der Waals surface area contributed by atoms with Crippen LogP contribution in [0.25, 0.3) is 0 Å². The molecule has 0 N–H and O–H groups in total. The minimum Gasteiger partial charge on any atom is -0.493 e. The lowest BCUT2D eigenvalue weighted by atomic mass is 9.99. The van der Waals surface area contributed by atoms with Crippen LogP contribution in [0.2, 0.25) is 0 Å². The first-order valence-corrected chi connectivity index (χ1v) is 11.7. The summed E-state index contributed by atoms with van der Waals surface area (Å²) in [5, 5.41) is 0. The lowest BCUT2D eigenvalue weighted by molar-refractivity contribution is 0.0471. The van der Waals surface area contributed by atoms with Crippen LogP contribution in [0.5, 0.6) is 17.2 Å². The van der Waals surface area contributed by atoms with E-state index in [0.717, 1.165) is 11.8 Å². The molecular weight excluding hydrogens is 438 g/mol. The molecule has 0 radical (unpaired) electrons. The summed E-state index contributed by atoms with van der Waals surface area (Å²) in [4.78, 5) is 25.2. The first-order valence-electron chi connectivity index (χ1n) is 9.81. The maximum atomic E-state index is 12.6. The molecule has 1 aliphatic rings. The van der Waals surface area contributed by atoms with Crippen LogP contribution in [0.1, 0.15) is 32.7 Å². The zero-order valence-electron chi connectivity index (χ0n) is 18.3. The average Bonchev–Trinajstić information content (AvgIpc) is 2.79. The van der Waals surface area contributed by atoms with E-state index in [1.165, 1.54) is 43.8 Å². The SMILES string of the molecule is COc1ccc(C(=O)OCC(=O)c2ccc3c(c2)CCCN3S(C)(=O)=O)c(OC)c1OC. The summed E-state index contributed by atoms with van der Waals surface area (Å²) in [5.74, 6) is -0.400. The number of carbonyl (C=O) groups excluding carboxylic acids is 2. The Morgan fingerprint density at radius 1 is 1.00 bits per heavy atom. The Hall–Kier alpha value is -3.27. The number of fused-ring (bicyclic) bond motifs is 1. The number of benzene rings is 2. The minimum absolute atomic E-state index is 0.0900. The summed E-state index contributed by atoms with van der Waals surface area (Å²) in [5.41, 5.74) is 1.76. The molecule has 1 aliphatic heterocycles. The van der Waals surface area contributed by atoms with Gasteiger partial charge in [-0.3, -0.25) is 9.10 Å². The molecule has 0 aromatic heterocycles. The highest BCUT2D eigenvalue weighted by Gasteiger charge is 2.26. The van der Waals surface area contributed by atoms with Gasteiger partial charge in [0.25, 0.3) is 0 Å². The number of sulfonamides is 1. The van der Waals surface area contributed by atoms with Gasteiger partial charge < -0.3 is 18.9 Å². The molecule has 0 amide bonds. The monoisotopic (exact) mass is 463 g/mol. The highest BCUT2D eigenvalue weighted by atomic mass is 32.2. The molecule has 0 aliphatic carbocycles. The van der Waals surface area contributed by atoms with Crippen molar-refractivity contribution < 1.29 is 37.0 Å². The van der Waals surface area contributed by atoms with E-state index >= 15 is 0 Å². The fourth-order valence-corrected chi connectivity index (χ4v) is 4.63. The number of ketones is 1. The van der Waals surface area contributed by atoms with Crippen molar-refractivity contribution in [3.8, 4) is 17.2 Å². The van der Waals surface area contributed by atoms with Gasteiger partial charge in [-0.15, -0.1) is 0 Å².